The summed E-state index contributed by atoms with van der Waals surface area (Å²) in [6.45, 7) is 5.70. The number of carbonyl (C=O) groups is 1. The molecule has 2 saturated heterocycles. The molecule has 36 heavy (non-hydrogen) atoms. The Morgan fingerprint density at radius 2 is 2.14 bits per heavy atom. The van der Waals surface area contributed by atoms with Crippen LogP contribution >= 0.6 is 11.3 Å². The molecule has 11 heteroatoms. The zero-order valence-electron chi connectivity index (χ0n) is 20.5. The highest BCUT2D eigenvalue weighted by Crippen LogP contribution is 2.36. The van der Waals surface area contributed by atoms with Crippen molar-refractivity contribution in [3.63, 3.8) is 0 Å². The van der Waals surface area contributed by atoms with Crippen molar-refractivity contribution in [3.8, 4) is 11.4 Å². The van der Waals surface area contributed by atoms with Crippen LogP contribution in [0, 0.1) is 0 Å². The van der Waals surface area contributed by atoms with Gasteiger partial charge in [-0.1, -0.05) is 12.1 Å². The molecule has 2 aliphatic rings. The van der Waals surface area contributed by atoms with Crippen molar-refractivity contribution in [3.05, 3.63) is 35.3 Å². The lowest BCUT2D eigenvalue weighted by atomic mass is 10.1. The number of aromatic amines is 1. The van der Waals surface area contributed by atoms with E-state index in [4.69, 9.17) is 14.7 Å². The van der Waals surface area contributed by atoms with Gasteiger partial charge in [0, 0.05) is 68.7 Å². The van der Waals surface area contributed by atoms with Crippen LogP contribution in [0.1, 0.15) is 11.3 Å². The average molecular weight is 507 g/mol. The number of ether oxygens (including phenoxy) is 1. The standard InChI is InChI=1S/C25H30N8O2S/c1-26-25(34)31(2)16-6-7-32(14-16)15-17-12-21-22(36-17)24(33-8-10-35-11-9-33)29-23(28-21)18-4-3-5-20-19(18)13-27-30-20/h3-5,12-13,16H,6-11,14-15H2,1-2H3,(H,26,34)(H,27,30). The number of likely N-dealkylation sites (tertiary alicyclic amines) is 1. The summed E-state index contributed by atoms with van der Waals surface area (Å²) >= 11 is 1.77. The lowest BCUT2D eigenvalue weighted by Gasteiger charge is -2.28. The number of urea groups is 1. The molecule has 3 aromatic heterocycles. The molecular formula is C25H30N8O2S. The van der Waals surface area contributed by atoms with E-state index in [1.54, 1.807) is 18.4 Å². The molecule has 0 spiro atoms. The third-order valence-electron chi connectivity index (χ3n) is 7.15. The number of hydrogen-bond donors (Lipinski definition) is 2. The van der Waals surface area contributed by atoms with Gasteiger partial charge in [-0.2, -0.15) is 5.10 Å². The van der Waals surface area contributed by atoms with Crippen LogP contribution < -0.4 is 10.2 Å². The number of likely N-dealkylation sites (N-methyl/N-ethyl adjacent to an activating group) is 1. The van der Waals surface area contributed by atoms with Gasteiger partial charge in [0.15, 0.2) is 11.6 Å². The highest BCUT2D eigenvalue weighted by atomic mass is 32.1. The van der Waals surface area contributed by atoms with E-state index >= 15 is 0 Å². The Labute approximate surface area is 213 Å². The molecule has 5 heterocycles. The minimum Gasteiger partial charge on any atom is -0.378 e. The maximum absolute atomic E-state index is 12.0. The van der Waals surface area contributed by atoms with E-state index in [9.17, 15) is 4.79 Å². The maximum atomic E-state index is 12.0. The highest BCUT2D eigenvalue weighted by Gasteiger charge is 2.29. The molecular weight excluding hydrogens is 476 g/mol. The molecule has 2 fully saturated rings. The summed E-state index contributed by atoms with van der Waals surface area (Å²) in [5.41, 5.74) is 2.92. The minimum absolute atomic E-state index is 0.0330. The van der Waals surface area contributed by atoms with Crippen molar-refractivity contribution < 1.29 is 9.53 Å². The van der Waals surface area contributed by atoms with Gasteiger partial charge in [-0.05, 0) is 18.6 Å². The second kappa shape index (κ2) is 9.64. The Balaban J connectivity index is 1.34. The molecule has 2 amide bonds. The summed E-state index contributed by atoms with van der Waals surface area (Å²) in [5, 5.41) is 11.0. The van der Waals surface area contributed by atoms with E-state index < -0.39 is 0 Å². The Bertz CT molecular complexity index is 1400. The van der Waals surface area contributed by atoms with E-state index in [-0.39, 0.29) is 12.1 Å². The molecule has 4 aromatic rings. The largest absolute Gasteiger partial charge is 0.378 e. The zero-order valence-corrected chi connectivity index (χ0v) is 21.3. The van der Waals surface area contributed by atoms with Crippen molar-refractivity contribution in [1.82, 2.24) is 35.3 Å². The Morgan fingerprint density at radius 1 is 1.28 bits per heavy atom. The average Bonchev–Trinajstić information content (AvgIpc) is 3.67. The number of rotatable bonds is 5. The molecule has 1 atom stereocenters. The number of morpholine rings is 1. The van der Waals surface area contributed by atoms with Crippen LogP contribution in [-0.2, 0) is 11.3 Å². The first kappa shape index (κ1) is 23.1. The molecule has 0 radical (unpaired) electrons. The third-order valence-corrected chi connectivity index (χ3v) is 8.25. The van der Waals surface area contributed by atoms with Crippen molar-refractivity contribution in [2.24, 2.45) is 0 Å². The second-order valence-corrected chi connectivity index (χ2v) is 10.5. The fraction of sp³-hybridized carbons (Fsp3) is 0.440. The van der Waals surface area contributed by atoms with Gasteiger partial charge in [0.05, 0.1) is 35.1 Å². The number of fused-ring (bicyclic) bond motifs is 2. The van der Waals surface area contributed by atoms with E-state index in [1.807, 2.05) is 30.3 Å². The van der Waals surface area contributed by atoms with Crippen LogP contribution in [0.4, 0.5) is 10.6 Å². The number of nitrogens with zero attached hydrogens (tertiary/aromatic N) is 6. The Hall–Kier alpha value is -3.28. The van der Waals surface area contributed by atoms with E-state index in [0.717, 1.165) is 71.6 Å². The van der Waals surface area contributed by atoms with Gasteiger partial charge in [0.25, 0.3) is 0 Å². The first-order valence-electron chi connectivity index (χ1n) is 12.3. The molecule has 0 bridgehead atoms. The van der Waals surface area contributed by atoms with Crippen LogP contribution in [0.3, 0.4) is 0 Å². The summed E-state index contributed by atoms with van der Waals surface area (Å²) < 4.78 is 6.73. The number of anilines is 1. The normalized spacial score (nSPS) is 18.8. The first-order valence-corrected chi connectivity index (χ1v) is 13.1. The molecule has 2 aliphatic heterocycles. The van der Waals surface area contributed by atoms with E-state index in [0.29, 0.717) is 19.0 Å². The van der Waals surface area contributed by atoms with Crippen LogP contribution in [-0.4, -0.2) is 95.5 Å². The zero-order chi connectivity index (χ0) is 24.6. The Morgan fingerprint density at radius 3 is 2.97 bits per heavy atom. The molecule has 2 N–H and O–H groups in total. The van der Waals surface area contributed by atoms with Gasteiger partial charge in [0.2, 0.25) is 0 Å². The molecule has 0 saturated carbocycles. The van der Waals surface area contributed by atoms with Crippen molar-refractivity contribution in [1.29, 1.82) is 0 Å². The van der Waals surface area contributed by atoms with Crippen molar-refractivity contribution in [2.75, 3.05) is 58.4 Å². The summed E-state index contributed by atoms with van der Waals surface area (Å²) in [5.74, 6) is 1.70. The lowest BCUT2D eigenvalue weighted by Crippen LogP contribution is -2.43. The maximum Gasteiger partial charge on any atom is 0.317 e. The van der Waals surface area contributed by atoms with Gasteiger partial charge >= 0.3 is 6.03 Å². The molecule has 0 aliphatic carbocycles. The molecule has 6 rings (SSSR count). The van der Waals surface area contributed by atoms with Crippen molar-refractivity contribution >= 4 is 44.3 Å². The number of aromatic nitrogens is 4. The Kier molecular flexibility index (Phi) is 6.20. The second-order valence-electron chi connectivity index (χ2n) is 9.38. The molecule has 1 aromatic carbocycles. The van der Waals surface area contributed by atoms with Crippen LogP contribution in [0.25, 0.3) is 32.5 Å². The monoisotopic (exact) mass is 506 g/mol. The van der Waals surface area contributed by atoms with Crippen LogP contribution in [0.5, 0.6) is 0 Å². The fourth-order valence-corrected chi connectivity index (χ4v) is 6.30. The predicted octanol–water partition coefficient (Wildman–Crippen LogP) is 2.92. The third kappa shape index (κ3) is 4.27. The summed E-state index contributed by atoms with van der Waals surface area (Å²) in [6, 6.07) is 8.49. The first-order chi connectivity index (χ1) is 17.6. The smallest absolute Gasteiger partial charge is 0.317 e. The van der Waals surface area contributed by atoms with Crippen LogP contribution in [0.15, 0.2) is 30.5 Å². The number of carbonyl (C=O) groups excluding carboxylic acids is 1. The SMILES string of the molecule is CNC(=O)N(C)C1CCN(Cc2cc3nc(-c4cccc5[nH]ncc45)nc(N4CCOCC4)c3s2)C1. The predicted molar refractivity (Wildman–Crippen MR) is 141 cm³/mol. The number of benzene rings is 1. The summed E-state index contributed by atoms with van der Waals surface area (Å²) in [6.07, 6.45) is 2.82. The fourth-order valence-electron chi connectivity index (χ4n) is 5.15. The van der Waals surface area contributed by atoms with E-state index in [1.165, 1.54) is 4.88 Å². The molecule has 1 unspecified atom stereocenters. The minimum atomic E-state index is -0.0330. The number of thiophene rings is 1. The molecule has 10 nitrogen and oxygen atoms in total. The summed E-state index contributed by atoms with van der Waals surface area (Å²) in [7, 11) is 3.55. The van der Waals surface area contributed by atoms with Gasteiger partial charge in [-0.25, -0.2) is 14.8 Å². The number of nitrogens with one attached hydrogen (secondary N) is 2. The number of H-pyrrole nitrogens is 1. The summed E-state index contributed by atoms with van der Waals surface area (Å²) in [4.78, 5) is 30.0. The molecule has 188 valence electrons. The lowest BCUT2D eigenvalue weighted by molar-refractivity contribution is 0.122. The topological polar surface area (TPSA) is 103 Å². The number of amides is 2. The van der Waals surface area contributed by atoms with Gasteiger partial charge in [0.1, 0.15) is 0 Å². The van der Waals surface area contributed by atoms with Gasteiger partial charge in [-0.15, -0.1) is 11.3 Å². The van der Waals surface area contributed by atoms with Crippen molar-refractivity contribution in [2.45, 2.75) is 19.0 Å². The van der Waals surface area contributed by atoms with Gasteiger partial charge in [-0.3, -0.25) is 10.00 Å². The van der Waals surface area contributed by atoms with E-state index in [2.05, 4.69) is 37.4 Å². The van der Waals surface area contributed by atoms with Crippen LogP contribution in [0.2, 0.25) is 0 Å². The number of hydrogen-bond acceptors (Lipinski definition) is 8. The van der Waals surface area contributed by atoms with Gasteiger partial charge < -0.3 is 19.9 Å². The highest BCUT2D eigenvalue weighted by molar-refractivity contribution is 7.19. The quantitative estimate of drug-likeness (QED) is 0.429.